The van der Waals surface area contributed by atoms with Gasteiger partial charge in [0.1, 0.15) is 11.9 Å². The fourth-order valence-corrected chi connectivity index (χ4v) is 5.61. The zero-order valence-electron chi connectivity index (χ0n) is 19.1. The molecule has 36 heavy (non-hydrogen) atoms. The maximum Gasteiger partial charge on any atom is 0.420 e. The molecular weight excluding hydrogens is 522 g/mol. The minimum Gasteiger partial charge on any atom is -0.485 e. The number of imide groups is 1. The molecule has 6 nitrogen and oxygen atoms in total. The number of halogens is 5. The van der Waals surface area contributed by atoms with Crippen LogP contribution in [0, 0.1) is 0 Å². The number of rotatable bonds is 7. The molecule has 1 N–H and O–H groups in total. The SMILES string of the molecule is C=Nc1cc(CN2C(=O)CCC2=O)sc1/C(=C\C)c1cc(Cl)cc(C(F)(F)F)c1O[C@@H]1CNC[C@@H]1F. The van der Waals surface area contributed by atoms with E-state index in [0.29, 0.717) is 21.0 Å². The third-order valence-electron chi connectivity index (χ3n) is 5.94. The summed E-state index contributed by atoms with van der Waals surface area (Å²) in [5.74, 6) is -1.12. The van der Waals surface area contributed by atoms with Crippen molar-refractivity contribution in [1.29, 1.82) is 0 Å². The Hall–Kier alpha value is -2.76. The lowest BCUT2D eigenvalue weighted by molar-refractivity contribution is -0.140. The number of carbonyl (C=O) groups is 2. The van der Waals surface area contributed by atoms with Crippen molar-refractivity contribution >= 4 is 52.7 Å². The van der Waals surface area contributed by atoms with E-state index in [-0.39, 0.29) is 54.9 Å². The number of carbonyl (C=O) groups excluding carboxylic acids is 2. The number of nitrogens with one attached hydrogen (secondary N) is 1. The summed E-state index contributed by atoms with van der Waals surface area (Å²) < 4.78 is 62.1. The van der Waals surface area contributed by atoms with Crippen LogP contribution in [-0.2, 0) is 22.3 Å². The maximum atomic E-state index is 14.3. The second-order valence-corrected chi connectivity index (χ2v) is 9.89. The number of nitrogens with zero attached hydrogens (tertiary/aromatic N) is 2. The third-order valence-corrected chi connectivity index (χ3v) is 7.30. The number of ether oxygens (including phenoxy) is 1. The van der Waals surface area contributed by atoms with E-state index in [9.17, 15) is 27.2 Å². The van der Waals surface area contributed by atoms with E-state index >= 15 is 0 Å². The molecule has 0 aliphatic carbocycles. The van der Waals surface area contributed by atoms with Gasteiger partial charge in [-0.25, -0.2) is 4.39 Å². The highest BCUT2D eigenvalue weighted by Crippen LogP contribution is 2.47. The van der Waals surface area contributed by atoms with Gasteiger partial charge < -0.3 is 10.1 Å². The highest BCUT2D eigenvalue weighted by molar-refractivity contribution is 7.13. The van der Waals surface area contributed by atoms with Crippen LogP contribution in [0.1, 0.15) is 40.6 Å². The van der Waals surface area contributed by atoms with Crippen molar-refractivity contribution in [3.63, 3.8) is 0 Å². The molecule has 2 aromatic rings. The Kier molecular flexibility index (Phi) is 7.53. The molecule has 0 spiro atoms. The van der Waals surface area contributed by atoms with Crippen LogP contribution in [0.4, 0.5) is 23.2 Å². The monoisotopic (exact) mass is 543 g/mol. The molecule has 12 heteroatoms. The van der Waals surface area contributed by atoms with Crippen LogP contribution in [0.5, 0.6) is 5.75 Å². The number of hydrogen-bond acceptors (Lipinski definition) is 6. The van der Waals surface area contributed by atoms with Gasteiger partial charge in [-0.05, 0) is 31.8 Å². The molecule has 2 atom stereocenters. The Morgan fingerprint density at radius 2 is 1.97 bits per heavy atom. The highest BCUT2D eigenvalue weighted by atomic mass is 35.5. The largest absolute Gasteiger partial charge is 0.485 e. The summed E-state index contributed by atoms with van der Waals surface area (Å²) in [6.07, 6.45) is -5.57. The molecule has 192 valence electrons. The Morgan fingerprint density at radius 1 is 1.28 bits per heavy atom. The minimum absolute atomic E-state index is 0.0167. The predicted molar refractivity (Wildman–Crippen MR) is 130 cm³/mol. The first-order chi connectivity index (χ1) is 17.0. The van der Waals surface area contributed by atoms with Crippen LogP contribution in [-0.4, -0.2) is 48.8 Å². The van der Waals surface area contributed by atoms with Crippen LogP contribution >= 0.6 is 22.9 Å². The van der Waals surface area contributed by atoms with E-state index in [2.05, 4.69) is 17.0 Å². The van der Waals surface area contributed by atoms with Crippen LogP contribution in [0.2, 0.25) is 5.02 Å². The first-order valence-electron chi connectivity index (χ1n) is 11.0. The topological polar surface area (TPSA) is 71.0 Å². The lowest BCUT2D eigenvalue weighted by Gasteiger charge is -2.23. The smallest absolute Gasteiger partial charge is 0.420 e. The minimum atomic E-state index is -4.82. The van der Waals surface area contributed by atoms with E-state index < -0.39 is 29.8 Å². The Bertz CT molecular complexity index is 1230. The van der Waals surface area contributed by atoms with Gasteiger partial charge in [-0.2, -0.15) is 13.2 Å². The van der Waals surface area contributed by atoms with Gasteiger partial charge in [-0.1, -0.05) is 17.7 Å². The molecule has 2 aliphatic heterocycles. The van der Waals surface area contributed by atoms with Crippen LogP contribution in [0.3, 0.4) is 0 Å². The van der Waals surface area contributed by atoms with Crippen molar-refractivity contribution in [2.24, 2.45) is 4.99 Å². The van der Waals surface area contributed by atoms with Crippen molar-refractivity contribution < 1.29 is 31.9 Å². The number of allylic oxidation sites excluding steroid dienone is 1. The van der Waals surface area contributed by atoms with Gasteiger partial charge in [-0.15, -0.1) is 11.3 Å². The molecule has 1 aromatic carbocycles. The fraction of sp³-hybridized carbons (Fsp3) is 0.375. The number of hydrogen-bond donors (Lipinski definition) is 1. The molecule has 0 bridgehead atoms. The van der Waals surface area contributed by atoms with E-state index in [1.54, 1.807) is 19.1 Å². The molecule has 2 amide bonds. The lowest BCUT2D eigenvalue weighted by Crippen LogP contribution is -2.28. The molecule has 3 heterocycles. The average molecular weight is 544 g/mol. The van der Waals surface area contributed by atoms with Gasteiger partial charge in [0.2, 0.25) is 11.8 Å². The van der Waals surface area contributed by atoms with Crippen LogP contribution < -0.4 is 10.1 Å². The lowest BCUT2D eigenvalue weighted by atomic mass is 9.98. The molecule has 1 aromatic heterocycles. The Balaban J connectivity index is 1.81. The summed E-state index contributed by atoms with van der Waals surface area (Å²) in [4.78, 5) is 30.3. The van der Waals surface area contributed by atoms with E-state index in [1.807, 2.05) is 0 Å². The molecule has 2 saturated heterocycles. The van der Waals surface area contributed by atoms with E-state index in [1.165, 1.54) is 6.07 Å². The molecule has 0 unspecified atom stereocenters. The van der Waals surface area contributed by atoms with Crippen molar-refractivity contribution in [2.45, 2.75) is 44.8 Å². The number of thiophene rings is 1. The zero-order valence-corrected chi connectivity index (χ0v) is 20.7. The van der Waals surface area contributed by atoms with Crippen LogP contribution in [0.25, 0.3) is 5.57 Å². The first-order valence-corrected chi connectivity index (χ1v) is 12.2. The second-order valence-electron chi connectivity index (χ2n) is 8.32. The quantitative estimate of drug-likeness (QED) is 0.283. The Morgan fingerprint density at radius 3 is 2.53 bits per heavy atom. The van der Waals surface area contributed by atoms with Crippen molar-refractivity contribution in [3.8, 4) is 5.75 Å². The van der Waals surface area contributed by atoms with Gasteiger partial charge in [0.05, 0.1) is 22.7 Å². The van der Waals surface area contributed by atoms with Gasteiger partial charge in [0.15, 0.2) is 6.17 Å². The standard InChI is InChI=1S/C24H22ClF4N3O3S/c1-3-14(23-18(30-2)8-13(36-23)11-32-20(33)4-5-21(32)34)15-6-12(25)7-16(24(27,28)29)22(15)35-19-10-31-9-17(19)26/h3,6-8,17,19,31H,2,4-5,9-11H2,1H3/b14-3-/t17-,19+/m0/s1. The fourth-order valence-electron chi connectivity index (χ4n) is 4.20. The molecular formula is C24H22ClF4N3O3S. The first kappa shape index (κ1) is 26.3. The molecule has 4 rings (SSSR count). The normalized spacial score (nSPS) is 20.9. The van der Waals surface area contributed by atoms with Crippen molar-refractivity contribution in [1.82, 2.24) is 10.2 Å². The van der Waals surface area contributed by atoms with Crippen molar-refractivity contribution in [3.05, 3.63) is 50.2 Å². The summed E-state index contributed by atoms with van der Waals surface area (Å²) in [7, 11) is 0. The summed E-state index contributed by atoms with van der Waals surface area (Å²) in [6, 6.07) is 3.71. The number of likely N-dealkylation sites (tertiary alicyclic amines) is 1. The van der Waals surface area contributed by atoms with Gasteiger partial charge >= 0.3 is 6.18 Å². The van der Waals surface area contributed by atoms with Gasteiger partial charge in [0.25, 0.3) is 0 Å². The number of alkyl halides is 4. The second kappa shape index (κ2) is 10.3. The summed E-state index contributed by atoms with van der Waals surface area (Å²) >= 11 is 7.26. The summed E-state index contributed by atoms with van der Waals surface area (Å²) in [6.45, 7) is 5.22. The van der Waals surface area contributed by atoms with Crippen LogP contribution in [0.15, 0.2) is 29.3 Å². The summed E-state index contributed by atoms with van der Waals surface area (Å²) in [5.41, 5.74) is -0.436. The average Bonchev–Trinajstić information content (AvgIpc) is 3.50. The highest BCUT2D eigenvalue weighted by Gasteiger charge is 2.39. The van der Waals surface area contributed by atoms with Crippen molar-refractivity contribution in [2.75, 3.05) is 13.1 Å². The number of benzene rings is 1. The molecule has 0 radical (unpaired) electrons. The summed E-state index contributed by atoms with van der Waals surface area (Å²) in [5, 5.41) is 2.59. The number of amides is 2. The van der Waals surface area contributed by atoms with Gasteiger partial charge in [-0.3, -0.25) is 19.5 Å². The Labute approximate surface area is 213 Å². The van der Waals surface area contributed by atoms with E-state index in [4.69, 9.17) is 16.3 Å². The molecule has 2 aliphatic rings. The maximum absolute atomic E-state index is 14.3. The number of aliphatic imine (C=N–C) groups is 1. The van der Waals surface area contributed by atoms with Gasteiger partial charge in [0, 0.05) is 47.0 Å². The molecule has 0 saturated carbocycles. The third kappa shape index (κ3) is 5.18. The zero-order chi connectivity index (χ0) is 26.2. The predicted octanol–water partition coefficient (Wildman–Crippen LogP) is 5.54. The van der Waals surface area contributed by atoms with E-state index in [0.717, 1.165) is 22.3 Å². The molecule has 2 fully saturated rings.